The van der Waals surface area contributed by atoms with Gasteiger partial charge < -0.3 is 10.1 Å². The van der Waals surface area contributed by atoms with E-state index in [0.717, 1.165) is 25.8 Å². The van der Waals surface area contributed by atoms with Gasteiger partial charge >= 0.3 is 0 Å². The minimum atomic E-state index is -0.126. The highest BCUT2D eigenvalue weighted by molar-refractivity contribution is 9.10. The van der Waals surface area contributed by atoms with Crippen molar-refractivity contribution in [1.82, 2.24) is 5.32 Å². The van der Waals surface area contributed by atoms with Crippen LogP contribution in [0.2, 0.25) is 0 Å². The molecule has 1 unspecified atom stereocenters. The van der Waals surface area contributed by atoms with E-state index in [1.807, 2.05) is 7.11 Å². The van der Waals surface area contributed by atoms with E-state index < -0.39 is 0 Å². The third-order valence-electron chi connectivity index (χ3n) is 3.68. The summed E-state index contributed by atoms with van der Waals surface area (Å²) in [4.78, 5) is 0. The molecule has 2 nitrogen and oxygen atoms in total. The second-order valence-electron chi connectivity index (χ2n) is 4.54. The van der Waals surface area contributed by atoms with Crippen molar-refractivity contribution < 1.29 is 4.74 Å². The average Bonchev–Trinajstić information content (AvgIpc) is 2.81. The third-order valence-corrected chi connectivity index (χ3v) is 5.43. The Hall–Kier alpha value is 0.1000. The van der Waals surface area contributed by atoms with Gasteiger partial charge in [0.05, 0.1) is 11.6 Å². The molecule has 1 rings (SSSR count). The maximum absolute atomic E-state index is 5.90. The number of ether oxygens (including phenoxy) is 1. The highest BCUT2D eigenvalue weighted by atomic mass is 79.9. The Morgan fingerprint density at radius 2 is 2.00 bits per heavy atom. The lowest BCUT2D eigenvalue weighted by Crippen LogP contribution is -2.45. The minimum Gasteiger partial charge on any atom is -0.376 e. The van der Waals surface area contributed by atoms with Gasteiger partial charge in [-0.25, -0.2) is 0 Å². The molecule has 1 atom stereocenters. The first kappa shape index (κ1) is 16.2. The van der Waals surface area contributed by atoms with Crippen molar-refractivity contribution in [2.24, 2.45) is 0 Å². The summed E-state index contributed by atoms with van der Waals surface area (Å²) < 4.78 is 7.08. The van der Waals surface area contributed by atoms with Crippen molar-refractivity contribution in [3.63, 3.8) is 0 Å². The molecular weight excluding hydrogens is 310 g/mol. The van der Waals surface area contributed by atoms with Crippen LogP contribution in [0.15, 0.2) is 15.2 Å². The van der Waals surface area contributed by atoms with Gasteiger partial charge in [-0.3, -0.25) is 0 Å². The molecule has 0 aliphatic rings. The monoisotopic (exact) mass is 333 g/mol. The number of nitrogens with one attached hydrogen (secondary N) is 1. The van der Waals surface area contributed by atoms with Gasteiger partial charge in [0.15, 0.2) is 0 Å². The first-order valence-corrected chi connectivity index (χ1v) is 8.38. The minimum absolute atomic E-state index is 0.126. The van der Waals surface area contributed by atoms with E-state index >= 15 is 0 Å². The predicted octanol–water partition coefficient (Wildman–Crippen LogP) is 4.76. The lowest BCUT2D eigenvalue weighted by Gasteiger charge is -2.39. The maximum Gasteiger partial charge on any atom is 0.0868 e. The van der Waals surface area contributed by atoms with E-state index in [9.17, 15) is 0 Å². The molecule has 4 heteroatoms. The molecule has 0 bridgehead atoms. The van der Waals surface area contributed by atoms with E-state index in [0.29, 0.717) is 0 Å². The second-order valence-corrected chi connectivity index (χ2v) is 6.14. The Morgan fingerprint density at radius 3 is 2.39 bits per heavy atom. The molecule has 0 radical (unpaired) electrons. The van der Waals surface area contributed by atoms with Crippen LogP contribution in [-0.2, 0) is 4.74 Å². The molecule has 104 valence electrons. The molecule has 0 saturated heterocycles. The SMILES string of the molecule is CCCNC(c1cscc1Br)C(CC)(CC)OC. The van der Waals surface area contributed by atoms with Crippen LogP contribution in [-0.4, -0.2) is 19.3 Å². The van der Waals surface area contributed by atoms with Crippen molar-refractivity contribution in [3.8, 4) is 0 Å². The second kappa shape index (κ2) is 7.63. The molecule has 0 aromatic carbocycles. The Bertz CT molecular complexity index is 341. The Balaban J connectivity index is 3.07. The molecule has 1 aromatic heterocycles. The molecule has 0 aliphatic carbocycles. The van der Waals surface area contributed by atoms with Gasteiger partial charge in [0.25, 0.3) is 0 Å². The number of halogens is 1. The van der Waals surface area contributed by atoms with Crippen LogP contribution >= 0.6 is 27.3 Å². The number of methoxy groups -OCH3 is 1. The lowest BCUT2D eigenvalue weighted by molar-refractivity contribution is -0.0486. The van der Waals surface area contributed by atoms with Gasteiger partial charge in [0.1, 0.15) is 0 Å². The van der Waals surface area contributed by atoms with Crippen LogP contribution in [0.3, 0.4) is 0 Å². The highest BCUT2D eigenvalue weighted by Gasteiger charge is 2.37. The van der Waals surface area contributed by atoms with E-state index in [1.165, 1.54) is 10.0 Å². The summed E-state index contributed by atoms with van der Waals surface area (Å²) >= 11 is 5.39. The first-order chi connectivity index (χ1) is 8.65. The third kappa shape index (κ3) is 3.35. The average molecular weight is 334 g/mol. The summed E-state index contributed by atoms with van der Waals surface area (Å²) in [5.74, 6) is 0. The zero-order valence-electron chi connectivity index (χ0n) is 11.8. The zero-order chi connectivity index (χ0) is 13.6. The van der Waals surface area contributed by atoms with Crippen LogP contribution in [0.25, 0.3) is 0 Å². The van der Waals surface area contributed by atoms with E-state index in [-0.39, 0.29) is 11.6 Å². The number of hydrogen-bond acceptors (Lipinski definition) is 3. The topological polar surface area (TPSA) is 21.3 Å². The zero-order valence-corrected chi connectivity index (χ0v) is 14.2. The van der Waals surface area contributed by atoms with Crippen molar-refractivity contribution in [2.45, 2.75) is 51.7 Å². The summed E-state index contributed by atoms with van der Waals surface area (Å²) in [6.07, 6.45) is 3.14. The molecule has 0 saturated carbocycles. The molecule has 0 aliphatic heterocycles. The molecule has 0 fully saturated rings. The summed E-state index contributed by atoms with van der Waals surface area (Å²) in [5, 5.41) is 8.02. The van der Waals surface area contributed by atoms with E-state index in [2.05, 4.69) is 52.8 Å². The number of thiophene rings is 1. The lowest BCUT2D eigenvalue weighted by atomic mass is 9.84. The molecule has 0 amide bonds. The molecule has 0 spiro atoms. The summed E-state index contributed by atoms with van der Waals surface area (Å²) in [6.45, 7) is 7.61. The van der Waals surface area contributed by atoms with E-state index in [1.54, 1.807) is 11.3 Å². The van der Waals surface area contributed by atoms with Gasteiger partial charge in [-0.15, -0.1) is 0 Å². The van der Waals surface area contributed by atoms with Crippen LogP contribution < -0.4 is 5.32 Å². The molecule has 1 aromatic rings. The Kier molecular flexibility index (Phi) is 6.85. The van der Waals surface area contributed by atoms with Crippen LogP contribution in [0.4, 0.5) is 0 Å². The van der Waals surface area contributed by atoms with Crippen molar-refractivity contribution in [1.29, 1.82) is 0 Å². The standard InChI is InChI=1S/C14H24BrNOS/c1-5-8-16-13(11-9-18-10-12(11)15)14(6-2,7-3)17-4/h9-10,13,16H,5-8H2,1-4H3. The van der Waals surface area contributed by atoms with Crippen LogP contribution in [0.5, 0.6) is 0 Å². The van der Waals surface area contributed by atoms with Gasteiger partial charge in [-0.1, -0.05) is 20.8 Å². The molecule has 1 heterocycles. The predicted molar refractivity (Wildman–Crippen MR) is 83.4 cm³/mol. The summed E-state index contributed by atoms with van der Waals surface area (Å²) in [5.41, 5.74) is 1.19. The molecular formula is C14H24BrNOS. The Labute approximate surface area is 123 Å². The molecule has 1 N–H and O–H groups in total. The van der Waals surface area contributed by atoms with Crippen LogP contribution in [0.1, 0.15) is 51.6 Å². The van der Waals surface area contributed by atoms with Crippen molar-refractivity contribution >= 4 is 27.3 Å². The first-order valence-electron chi connectivity index (χ1n) is 6.65. The van der Waals surface area contributed by atoms with Gasteiger partial charge in [-0.05, 0) is 52.7 Å². The van der Waals surface area contributed by atoms with Crippen molar-refractivity contribution in [2.75, 3.05) is 13.7 Å². The van der Waals surface area contributed by atoms with Gasteiger partial charge in [-0.2, -0.15) is 11.3 Å². The van der Waals surface area contributed by atoms with Crippen molar-refractivity contribution in [3.05, 3.63) is 20.8 Å². The summed E-state index contributed by atoms with van der Waals surface area (Å²) in [6, 6.07) is 0.248. The fourth-order valence-electron chi connectivity index (χ4n) is 2.43. The smallest absolute Gasteiger partial charge is 0.0868 e. The molecule has 18 heavy (non-hydrogen) atoms. The number of hydrogen-bond donors (Lipinski definition) is 1. The van der Waals surface area contributed by atoms with Gasteiger partial charge in [0, 0.05) is 17.0 Å². The normalized spacial score (nSPS) is 13.8. The van der Waals surface area contributed by atoms with Crippen LogP contribution in [0, 0.1) is 0 Å². The fourth-order valence-corrected chi connectivity index (χ4v) is 3.98. The largest absolute Gasteiger partial charge is 0.376 e. The maximum atomic E-state index is 5.90. The quantitative estimate of drug-likeness (QED) is 0.740. The summed E-state index contributed by atoms with van der Waals surface area (Å²) in [7, 11) is 1.83. The highest BCUT2D eigenvalue weighted by Crippen LogP contribution is 2.39. The Morgan fingerprint density at radius 1 is 1.33 bits per heavy atom. The van der Waals surface area contributed by atoms with Gasteiger partial charge in [0.2, 0.25) is 0 Å². The number of rotatable bonds is 8. The van der Waals surface area contributed by atoms with E-state index in [4.69, 9.17) is 4.74 Å². The fraction of sp³-hybridized carbons (Fsp3) is 0.714.